The Morgan fingerprint density at radius 3 is 2.83 bits per heavy atom. The van der Waals surface area contributed by atoms with Gasteiger partial charge >= 0.3 is 0 Å². The second kappa shape index (κ2) is 2.71. The zero-order valence-electron chi connectivity index (χ0n) is 8.21. The molecule has 1 saturated heterocycles. The molecule has 2 rings (SSSR count). The summed E-state index contributed by atoms with van der Waals surface area (Å²) in [6, 6.07) is 0.457. The number of nitrogens with two attached hydrogens (primary N) is 1. The van der Waals surface area contributed by atoms with Gasteiger partial charge in [-0.1, -0.05) is 13.8 Å². The fraction of sp³-hybridized carbons (Fsp3) is 1.00. The van der Waals surface area contributed by atoms with Gasteiger partial charge in [0.25, 0.3) is 0 Å². The van der Waals surface area contributed by atoms with Crippen LogP contribution < -0.4 is 5.73 Å². The standard InChI is InChI=1S/C10H20N2/c1-3-12-6-8-4-5-9(11)10(8,2)7-12/h8-9H,3-7,11H2,1-2H3/t8-,9?,10+/m1/s1. The van der Waals surface area contributed by atoms with Gasteiger partial charge in [-0.2, -0.15) is 0 Å². The first kappa shape index (κ1) is 8.52. The van der Waals surface area contributed by atoms with E-state index >= 15 is 0 Å². The van der Waals surface area contributed by atoms with Crippen molar-refractivity contribution in [3.05, 3.63) is 0 Å². The lowest BCUT2D eigenvalue weighted by atomic mass is 9.80. The summed E-state index contributed by atoms with van der Waals surface area (Å²) >= 11 is 0. The Hall–Kier alpha value is -0.0800. The number of rotatable bonds is 1. The average Bonchev–Trinajstić information content (AvgIpc) is 2.50. The number of nitrogens with zero attached hydrogens (tertiary/aromatic N) is 1. The minimum Gasteiger partial charge on any atom is -0.327 e. The third kappa shape index (κ3) is 1.01. The van der Waals surface area contributed by atoms with Crippen LogP contribution in [0.4, 0.5) is 0 Å². The van der Waals surface area contributed by atoms with Gasteiger partial charge in [-0.15, -0.1) is 0 Å². The molecule has 0 bridgehead atoms. The van der Waals surface area contributed by atoms with Crippen LogP contribution in [-0.2, 0) is 0 Å². The summed E-state index contributed by atoms with van der Waals surface area (Å²) in [5.41, 5.74) is 6.58. The topological polar surface area (TPSA) is 29.3 Å². The minimum absolute atomic E-state index is 0.440. The molecule has 1 heterocycles. The second-order valence-electron chi connectivity index (χ2n) is 4.71. The van der Waals surface area contributed by atoms with Crippen LogP contribution >= 0.6 is 0 Å². The van der Waals surface area contributed by atoms with Crippen molar-refractivity contribution in [3.63, 3.8) is 0 Å². The molecule has 1 aliphatic carbocycles. The summed E-state index contributed by atoms with van der Waals surface area (Å²) < 4.78 is 0. The number of likely N-dealkylation sites (tertiary alicyclic amines) is 1. The third-order valence-electron chi connectivity index (χ3n) is 4.10. The fourth-order valence-electron chi connectivity index (χ4n) is 2.99. The van der Waals surface area contributed by atoms with Crippen molar-refractivity contribution in [2.45, 2.75) is 32.7 Å². The van der Waals surface area contributed by atoms with Gasteiger partial charge in [0.1, 0.15) is 0 Å². The molecule has 0 radical (unpaired) electrons. The van der Waals surface area contributed by atoms with E-state index in [4.69, 9.17) is 5.73 Å². The molecular weight excluding hydrogens is 148 g/mol. The molecule has 1 aliphatic heterocycles. The van der Waals surface area contributed by atoms with Gasteiger partial charge in [0.2, 0.25) is 0 Å². The predicted octanol–water partition coefficient (Wildman–Crippen LogP) is 1.07. The maximum atomic E-state index is 6.14. The quantitative estimate of drug-likeness (QED) is 0.634. The van der Waals surface area contributed by atoms with Gasteiger partial charge in [0.05, 0.1) is 0 Å². The van der Waals surface area contributed by atoms with Crippen molar-refractivity contribution in [1.29, 1.82) is 0 Å². The molecule has 1 unspecified atom stereocenters. The van der Waals surface area contributed by atoms with Gasteiger partial charge in [0.15, 0.2) is 0 Å². The van der Waals surface area contributed by atoms with E-state index in [1.54, 1.807) is 0 Å². The predicted molar refractivity (Wildman–Crippen MR) is 50.9 cm³/mol. The molecule has 0 aromatic rings. The number of hydrogen-bond donors (Lipinski definition) is 1. The normalized spacial score (nSPS) is 48.2. The Balaban J connectivity index is 2.12. The van der Waals surface area contributed by atoms with Crippen molar-refractivity contribution in [1.82, 2.24) is 4.90 Å². The summed E-state index contributed by atoms with van der Waals surface area (Å²) in [5, 5.41) is 0. The largest absolute Gasteiger partial charge is 0.327 e. The van der Waals surface area contributed by atoms with E-state index in [0.29, 0.717) is 11.5 Å². The van der Waals surface area contributed by atoms with Crippen molar-refractivity contribution in [3.8, 4) is 0 Å². The lowest BCUT2D eigenvalue weighted by Gasteiger charge is -2.28. The lowest BCUT2D eigenvalue weighted by molar-refractivity contribution is 0.244. The van der Waals surface area contributed by atoms with E-state index in [9.17, 15) is 0 Å². The van der Waals surface area contributed by atoms with Crippen molar-refractivity contribution < 1.29 is 0 Å². The molecule has 2 aliphatic rings. The average molecular weight is 168 g/mol. The third-order valence-corrected chi connectivity index (χ3v) is 4.10. The maximum Gasteiger partial charge on any atom is 0.0108 e. The molecule has 0 amide bonds. The van der Waals surface area contributed by atoms with Crippen molar-refractivity contribution in [2.24, 2.45) is 17.1 Å². The van der Waals surface area contributed by atoms with Crippen LogP contribution in [0.25, 0.3) is 0 Å². The Morgan fingerprint density at radius 2 is 2.25 bits per heavy atom. The van der Waals surface area contributed by atoms with Crippen LogP contribution in [0.2, 0.25) is 0 Å². The summed E-state index contributed by atoms with van der Waals surface area (Å²) in [4.78, 5) is 2.55. The molecule has 0 spiro atoms. The van der Waals surface area contributed by atoms with Crippen LogP contribution in [0.5, 0.6) is 0 Å². The molecular formula is C10H20N2. The van der Waals surface area contributed by atoms with Crippen LogP contribution in [-0.4, -0.2) is 30.6 Å². The van der Waals surface area contributed by atoms with Gasteiger partial charge in [0, 0.05) is 19.1 Å². The van der Waals surface area contributed by atoms with E-state index < -0.39 is 0 Å². The number of fused-ring (bicyclic) bond motifs is 1. The van der Waals surface area contributed by atoms with E-state index in [-0.39, 0.29) is 0 Å². The van der Waals surface area contributed by atoms with E-state index in [1.165, 1.54) is 32.5 Å². The van der Waals surface area contributed by atoms with Gasteiger partial charge in [-0.05, 0) is 30.7 Å². The Morgan fingerprint density at radius 1 is 1.50 bits per heavy atom. The highest BCUT2D eigenvalue weighted by Gasteiger charge is 2.50. The van der Waals surface area contributed by atoms with Gasteiger partial charge < -0.3 is 10.6 Å². The zero-order valence-corrected chi connectivity index (χ0v) is 8.21. The molecule has 0 aromatic carbocycles. The first-order valence-electron chi connectivity index (χ1n) is 5.14. The molecule has 3 atom stereocenters. The zero-order chi connectivity index (χ0) is 8.77. The van der Waals surface area contributed by atoms with E-state index in [0.717, 1.165) is 5.92 Å². The molecule has 12 heavy (non-hydrogen) atoms. The summed E-state index contributed by atoms with van der Waals surface area (Å²) in [5.74, 6) is 0.882. The number of hydrogen-bond acceptors (Lipinski definition) is 2. The molecule has 2 nitrogen and oxygen atoms in total. The highest BCUT2D eigenvalue weighted by Crippen LogP contribution is 2.47. The molecule has 70 valence electrons. The monoisotopic (exact) mass is 168 g/mol. The van der Waals surface area contributed by atoms with Crippen LogP contribution in [0.1, 0.15) is 26.7 Å². The van der Waals surface area contributed by atoms with Crippen LogP contribution in [0.15, 0.2) is 0 Å². The first-order valence-corrected chi connectivity index (χ1v) is 5.14. The van der Waals surface area contributed by atoms with Crippen LogP contribution in [0.3, 0.4) is 0 Å². The maximum absolute atomic E-state index is 6.14. The molecule has 0 aromatic heterocycles. The van der Waals surface area contributed by atoms with E-state index in [2.05, 4.69) is 18.7 Å². The summed E-state index contributed by atoms with van der Waals surface area (Å²) in [6.45, 7) is 8.34. The Bertz CT molecular complexity index is 181. The van der Waals surface area contributed by atoms with Crippen molar-refractivity contribution in [2.75, 3.05) is 19.6 Å². The minimum atomic E-state index is 0.440. The highest BCUT2D eigenvalue weighted by atomic mass is 15.2. The fourth-order valence-corrected chi connectivity index (χ4v) is 2.99. The molecule has 2 N–H and O–H groups in total. The lowest BCUT2D eigenvalue weighted by Crippen LogP contribution is -2.40. The van der Waals surface area contributed by atoms with Gasteiger partial charge in [-0.3, -0.25) is 0 Å². The molecule has 2 fully saturated rings. The molecule has 2 heteroatoms. The van der Waals surface area contributed by atoms with Crippen molar-refractivity contribution >= 4 is 0 Å². The first-order chi connectivity index (χ1) is 5.66. The highest BCUT2D eigenvalue weighted by molar-refractivity contribution is 5.04. The SMILES string of the molecule is CCN1C[C@H]2CCC(N)[C@@]2(C)C1. The molecule has 1 saturated carbocycles. The van der Waals surface area contributed by atoms with Crippen LogP contribution in [0, 0.1) is 11.3 Å². The smallest absolute Gasteiger partial charge is 0.0108 e. The van der Waals surface area contributed by atoms with E-state index in [1.807, 2.05) is 0 Å². The summed E-state index contributed by atoms with van der Waals surface area (Å²) in [6.07, 6.45) is 2.60. The Kier molecular flexibility index (Phi) is 1.92. The van der Waals surface area contributed by atoms with Gasteiger partial charge in [-0.25, -0.2) is 0 Å². The second-order valence-corrected chi connectivity index (χ2v) is 4.71. The summed E-state index contributed by atoms with van der Waals surface area (Å²) in [7, 11) is 0. The Labute approximate surface area is 75.1 Å².